The van der Waals surface area contributed by atoms with Crippen molar-refractivity contribution in [3.8, 4) is 11.1 Å². The molecule has 0 heterocycles. The lowest BCUT2D eigenvalue weighted by Crippen LogP contribution is -2.41. The zero-order valence-electron chi connectivity index (χ0n) is 19.3. The highest BCUT2D eigenvalue weighted by Gasteiger charge is 2.32. The van der Waals surface area contributed by atoms with Crippen molar-refractivity contribution in [2.45, 2.75) is 25.2 Å². The normalized spacial score (nSPS) is 17.9. The summed E-state index contributed by atoms with van der Waals surface area (Å²) in [7, 11) is 0. The molecule has 1 fully saturated rings. The van der Waals surface area contributed by atoms with Crippen LogP contribution in [0.15, 0.2) is 48.5 Å². The van der Waals surface area contributed by atoms with Crippen LogP contribution in [0.1, 0.15) is 36.3 Å². The van der Waals surface area contributed by atoms with Crippen LogP contribution in [0.25, 0.3) is 11.1 Å². The summed E-state index contributed by atoms with van der Waals surface area (Å²) in [5.41, 5.74) is 4.70. The predicted octanol–water partition coefficient (Wildman–Crippen LogP) is 2.26. The van der Waals surface area contributed by atoms with E-state index in [0.29, 0.717) is 13.0 Å². The molecule has 0 aliphatic heterocycles. The zero-order chi connectivity index (χ0) is 24.8. The molecular weight excluding hydrogens is 450 g/mol. The Bertz CT molecular complexity index is 1070. The number of amides is 3. The first-order chi connectivity index (χ1) is 16.9. The highest BCUT2D eigenvalue weighted by molar-refractivity contribution is 5.86. The minimum Gasteiger partial charge on any atom is -0.480 e. The Kier molecular flexibility index (Phi) is 7.64. The smallest absolute Gasteiger partial charge is 0.407 e. The second-order valence-corrected chi connectivity index (χ2v) is 9.06. The zero-order valence-corrected chi connectivity index (χ0v) is 19.3. The molecule has 2 aromatic carbocycles. The molecule has 2 aliphatic rings. The molecule has 9 heteroatoms. The van der Waals surface area contributed by atoms with Gasteiger partial charge >= 0.3 is 12.1 Å². The Labute approximate surface area is 203 Å². The molecule has 0 saturated heterocycles. The van der Waals surface area contributed by atoms with Gasteiger partial charge in [-0.05, 0) is 46.9 Å². The van der Waals surface area contributed by atoms with E-state index in [1.54, 1.807) is 0 Å². The summed E-state index contributed by atoms with van der Waals surface area (Å²) in [6.45, 7) is 0.0427. The van der Waals surface area contributed by atoms with Gasteiger partial charge in [0.25, 0.3) is 0 Å². The lowest BCUT2D eigenvalue weighted by Gasteiger charge is -2.35. The Balaban J connectivity index is 1.13. The van der Waals surface area contributed by atoms with Gasteiger partial charge in [0.1, 0.15) is 13.2 Å². The van der Waals surface area contributed by atoms with Crippen molar-refractivity contribution in [2.24, 2.45) is 11.8 Å². The summed E-state index contributed by atoms with van der Waals surface area (Å²) < 4.78 is 5.55. The van der Waals surface area contributed by atoms with Crippen molar-refractivity contribution in [3.63, 3.8) is 0 Å². The summed E-state index contributed by atoms with van der Waals surface area (Å²) in [4.78, 5) is 46.1. The third-order valence-corrected chi connectivity index (χ3v) is 6.57. The van der Waals surface area contributed by atoms with E-state index in [1.807, 2.05) is 24.3 Å². The molecule has 35 heavy (non-hydrogen) atoms. The summed E-state index contributed by atoms with van der Waals surface area (Å²) in [6, 6.07) is 16.4. The first-order valence-corrected chi connectivity index (χ1v) is 11.7. The molecule has 1 saturated carbocycles. The van der Waals surface area contributed by atoms with E-state index in [1.165, 1.54) is 22.3 Å². The lowest BCUT2D eigenvalue weighted by atomic mass is 9.73. The van der Waals surface area contributed by atoms with E-state index < -0.39 is 24.5 Å². The lowest BCUT2D eigenvalue weighted by molar-refractivity contribution is -0.137. The van der Waals surface area contributed by atoms with Gasteiger partial charge in [-0.3, -0.25) is 14.4 Å². The average molecular weight is 480 g/mol. The fourth-order valence-electron chi connectivity index (χ4n) is 4.83. The number of ether oxygens (including phenoxy) is 1. The third-order valence-electron chi connectivity index (χ3n) is 6.57. The van der Waals surface area contributed by atoms with Crippen molar-refractivity contribution >= 4 is 23.9 Å². The van der Waals surface area contributed by atoms with Crippen LogP contribution < -0.4 is 16.0 Å². The molecule has 184 valence electrons. The summed E-state index contributed by atoms with van der Waals surface area (Å²) in [5, 5.41) is 16.0. The van der Waals surface area contributed by atoms with Gasteiger partial charge in [0.2, 0.25) is 11.8 Å². The highest BCUT2D eigenvalue weighted by atomic mass is 16.5. The van der Waals surface area contributed by atoms with Gasteiger partial charge in [0.05, 0.1) is 6.54 Å². The molecule has 4 rings (SSSR count). The maximum atomic E-state index is 12.3. The van der Waals surface area contributed by atoms with Crippen LogP contribution >= 0.6 is 0 Å². The van der Waals surface area contributed by atoms with Crippen LogP contribution in [0.5, 0.6) is 0 Å². The quantitative estimate of drug-likeness (QED) is 0.413. The predicted molar refractivity (Wildman–Crippen MR) is 128 cm³/mol. The molecule has 0 unspecified atom stereocenters. The van der Waals surface area contributed by atoms with Crippen LogP contribution in [-0.4, -0.2) is 55.2 Å². The number of benzene rings is 2. The number of rotatable bonds is 10. The Morgan fingerprint density at radius 2 is 1.40 bits per heavy atom. The number of carbonyl (C=O) groups excluding carboxylic acids is 3. The van der Waals surface area contributed by atoms with Crippen molar-refractivity contribution in [3.05, 3.63) is 59.7 Å². The number of carbonyl (C=O) groups is 4. The molecule has 2 aliphatic carbocycles. The monoisotopic (exact) mass is 479 g/mol. The molecule has 3 amide bonds. The minimum atomic E-state index is -1.14. The van der Waals surface area contributed by atoms with E-state index in [0.717, 1.165) is 12.8 Å². The van der Waals surface area contributed by atoms with E-state index in [2.05, 4.69) is 40.2 Å². The highest BCUT2D eigenvalue weighted by Crippen LogP contribution is 2.44. The number of carboxylic acid groups (broad SMARTS) is 1. The van der Waals surface area contributed by atoms with Gasteiger partial charge in [0, 0.05) is 18.9 Å². The maximum absolute atomic E-state index is 12.3. The second-order valence-electron chi connectivity index (χ2n) is 9.06. The van der Waals surface area contributed by atoms with Gasteiger partial charge in [-0.2, -0.15) is 0 Å². The van der Waals surface area contributed by atoms with Gasteiger partial charge in [-0.1, -0.05) is 48.5 Å². The molecule has 9 nitrogen and oxygen atoms in total. The van der Waals surface area contributed by atoms with Crippen molar-refractivity contribution in [2.75, 3.05) is 26.2 Å². The van der Waals surface area contributed by atoms with Crippen LogP contribution in [-0.2, 0) is 19.1 Å². The molecule has 4 N–H and O–H groups in total. The van der Waals surface area contributed by atoms with Crippen molar-refractivity contribution in [1.29, 1.82) is 0 Å². The van der Waals surface area contributed by atoms with Crippen LogP contribution in [0, 0.1) is 11.8 Å². The largest absolute Gasteiger partial charge is 0.480 e. The molecule has 0 aromatic heterocycles. The van der Waals surface area contributed by atoms with E-state index >= 15 is 0 Å². The number of hydrogen-bond donors (Lipinski definition) is 4. The Morgan fingerprint density at radius 3 is 2.03 bits per heavy atom. The number of nitrogens with one attached hydrogen (secondary N) is 3. The van der Waals surface area contributed by atoms with Crippen LogP contribution in [0.3, 0.4) is 0 Å². The SMILES string of the molecule is O=C(O)CNC(=O)CNC(=O)CC1CC(CNC(=O)OCC2c3ccccc3-c3ccccc32)C1. The molecule has 0 spiro atoms. The van der Waals surface area contributed by atoms with Gasteiger partial charge in [0.15, 0.2) is 0 Å². The van der Waals surface area contributed by atoms with Crippen LogP contribution in [0.2, 0.25) is 0 Å². The second kappa shape index (κ2) is 11.0. The maximum Gasteiger partial charge on any atom is 0.407 e. The number of fused-ring (bicyclic) bond motifs is 3. The fraction of sp³-hybridized carbons (Fsp3) is 0.385. The van der Waals surface area contributed by atoms with Gasteiger partial charge in [-0.15, -0.1) is 0 Å². The first-order valence-electron chi connectivity index (χ1n) is 11.7. The van der Waals surface area contributed by atoms with E-state index in [4.69, 9.17) is 9.84 Å². The Morgan fingerprint density at radius 1 is 0.800 bits per heavy atom. The van der Waals surface area contributed by atoms with E-state index in [9.17, 15) is 19.2 Å². The van der Waals surface area contributed by atoms with E-state index in [-0.39, 0.29) is 36.8 Å². The third kappa shape index (κ3) is 6.17. The Hall–Kier alpha value is -3.88. The fourth-order valence-corrected chi connectivity index (χ4v) is 4.83. The number of carboxylic acids is 1. The number of hydrogen-bond acceptors (Lipinski definition) is 5. The van der Waals surface area contributed by atoms with Crippen LogP contribution in [0.4, 0.5) is 4.79 Å². The first kappa shape index (κ1) is 24.3. The summed E-state index contributed by atoms with van der Waals surface area (Å²) in [6.07, 6.45) is 1.47. The van der Waals surface area contributed by atoms with Gasteiger partial charge < -0.3 is 25.8 Å². The average Bonchev–Trinajstić information content (AvgIpc) is 3.15. The van der Waals surface area contributed by atoms with Gasteiger partial charge in [-0.25, -0.2) is 4.79 Å². The number of aliphatic carboxylic acids is 1. The molecule has 0 bridgehead atoms. The summed E-state index contributed by atoms with van der Waals surface area (Å²) >= 11 is 0. The van der Waals surface area contributed by atoms with Crippen molar-refractivity contribution in [1.82, 2.24) is 16.0 Å². The molecular formula is C26H29N3O6. The topological polar surface area (TPSA) is 134 Å². The number of alkyl carbamates (subject to hydrolysis) is 1. The molecule has 2 aromatic rings. The summed E-state index contributed by atoms with van der Waals surface area (Å²) in [5.74, 6) is -1.43. The minimum absolute atomic E-state index is 0.0194. The molecule has 0 atom stereocenters. The van der Waals surface area contributed by atoms with Crippen molar-refractivity contribution < 1.29 is 29.0 Å². The standard InChI is InChI=1S/C26H29N3O6/c30-23(27-13-24(31)28-14-25(32)33)11-16-9-17(10-16)12-29-26(34)35-15-22-20-7-3-1-5-18(20)19-6-2-4-8-21(19)22/h1-8,16-17,22H,9-15H2,(H,27,30)(H,28,31)(H,29,34)(H,32,33). The molecule has 0 radical (unpaired) electrons.